The Morgan fingerprint density at radius 1 is 0.444 bits per heavy atom. The summed E-state index contributed by atoms with van der Waals surface area (Å²) in [5.41, 5.74) is 5.70. The zero-order chi connectivity index (χ0) is 23.6. The van der Waals surface area contributed by atoms with Crippen molar-refractivity contribution in [2.45, 2.75) is 0 Å². The monoisotopic (exact) mass is 493 g/mol. The van der Waals surface area contributed by atoms with Gasteiger partial charge in [-0.1, -0.05) is 78.9 Å². The average Bonchev–Trinajstić information content (AvgIpc) is 3.51. The van der Waals surface area contributed by atoms with Crippen molar-refractivity contribution in [1.82, 2.24) is 4.98 Å². The van der Waals surface area contributed by atoms with Crippen LogP contribution >= 0.6 is 22.7 Å². The number of aromatic nitrogens is 1. The second kappa shape index (κ2) is 7.72. The molecular weight excluding hydrogens is 475 g/mol. The summed E-state index contributed by atoms with van der Waals surface area (Å²) in [5, 5.41) is 6.39. The Kier molecular flexibility index (Phi) is 4.33. The van der Waals surface area contributed by atoms with Crippen molar-refractivity contribution in [3.63, 3.8) is 0 Å². The summed E-state index contributed by atoms with van der Waals surface area (Å²) in [6, 6.07) is 41.6. The van der Waals surface area contributed by atoms with Crippen LogP contribution in [-0.4, -0.2) is 4.98 Å². The van der Waals surface area contributed by atoms with Gasteiger partial charge in [0.05, 0.1) is 11.2 Å². The van der Waals surface area contributed by atoms with Crippen molar-refractivity contribution < 1.29 is 0 Å². The molecule has 0 saturated heterocycles. The van der Waals surface area contributed by atoms with Crippen molar-refractivity contribution in [3.05, 3.63) is 115 Å². The summed E-state index contributed by atoms with van der Waals surface area (Å²) in [5.74, 6) is 0. The van der Waals surface area contributed by atoms with E-state index in [4.69, 9.17) is 4.98 Å². The molecule has 0 radical (unpaired) electrons. The number of benzene rings is 5. The highest BCUT2D eigenvalue weighted by Gasteiger charge is 2.19. The van der Waals surface area contributed by atoms with Gasteiger partial charge in [0.2, 0.25) is 0 Å². The lowest BCUT2D eigenvalue weighted by Crippen LogP contribution is -1.92. The lowest BCUT2D eigenvalue weighted by atomic mass is 9.92. The van der Waals surface area contributed by atoms with Crippen molar-refractivity contribution in [3.8, 4) is 22.4 Å². The zero-order valence-corrected chi connectivity index (χ0v) is 20.9. The van der Waals surface area contributed by atoms with Gasteiger partial charge in [-0.2, -0.15) is 0 Å². The third-order valence-electron chi connectivity index (χ3n) is 7.07. The van der Waals surface area contributed by atoms with Crippen LogP contribution in [0.2, 0.25) is 0 Å². The van der Waals surface area contributed by atoms with E-state index in [9.17, 15) is 0 Å². The van der Waals surface area contributed by atoms with E-state index in [2.05, 4.69) is 115 Å². The standard InChI is InChI=1S/C33H19NS2/c1-4-14-26-20(9-1)19-25(21-12-7-17-29-31(21)22-10-2-5-15-27(22)35-29)33(34-26)24-13-8-18-30-32(24)23-11-3-6-16-28(23)36-30/h1-19H. The molecule has 0 spiro atoms. The smallest absolute Gasteiger partial charge is 0.0795 e. The molecule has 0 N–H and O–H groups in total. The first-order valence-corrected chi connectivity index (χ1v) is 13.7. The van der Waals surface area contributed by atoms with Gasteiger partial charge in [0, 0.05) is 56.9 Å². The van der Waals surface area contributed by atoms with Crippen molar-refractivity contribution in [2.75, 3.05) is 0 Å². The first-order valence-electron chi connectivity index (χ1n) is 12.1. The molecule has 0 saturated carbocycles. The van der Waals surface area contributed by atoms with Crippen molar-refractivity contribution in [1.29, 1.82) is 0 Å². The van der Waals surface area contributed by atoms with Crippen LogP contribution in [0.15, 0.2) is 115 Å². The average molecular weight is 494 g/mol. The maximum absolute atomic E-state index is 5.34. The summed E-state index contributed by atoms with van der Waals surface area (Å²) >= 11 is 3.72. The van der Waals surface area contributed by atoms with E-state index in [-0.39, 0.29) is 0 Å². The van der Waals surface area contributed by atoms with E-state index in [1.807, 2.05) is 22.7 Å². The van der Waals surface area contributed by atoms with E-state index in [1.165, 1.54) is 57.0 Å². The van der Waals surface area contributed by atoms with E-state index in [0.717, 1.165) is 16.6 Å². The van der Waals surface area contributed by atoms with E-state index in [0.29, 0.717) is 0 Å². The van der Waals surface area contributed by atoms with Gasteiger partial charge in [0.1, 0.15) is 0 Å². The van der Waals surface area contributed by atoms with E-state index >= 15 is 0 Å². The molecule has 36 heavy (non-hydrogen) atoms. The molecule has 0 amide bonds. The van der Waals surface area contributed by atoms with Gasteiger partial charge in [0.15, 0.2) is 0 Å². The molecule has 0 aliphatic heterocycles. The lowest BCUT2D eigenvalue weighted by molar-refractivity contribution is 1.41. The van der Waals surface area contributed by atoms with Crippen LogP contribution in [0.3, 0.4) is 0 Å². The van der Waals surface area contributed by atoms with Crippen LogP contribution < -0.4 is 0 Å². The summed E-state index contributed by atoms with van der Waals surface area (Å²) in [4.78, 5) is 5.34. The summed E-state index contributed by atoms with van der Waals surface area (Å²) in [6.07, 6.45) is 0. The molecular formula is C33H19NS2. The number of hydrogen-bond donors (Lipinski definition) is 0. The molecule has 0 unspecified atom stereocenters. The van der Waals surface area contributed by atoms with Gasteiger partial charge in [-0.15, -0.1) is 22.7 Å². The minimum atomic E-state index is 1.02. The second-order valence-electron chi connectivity index (χ2n) is 9.13. The Hall–Kier alpha value is -4.05. The first-order chi connectivity index (χ1) is 17.8. The Labute approximate surface area is 215 Å². The number of pyridine rings is 1. The van der Waals surface area contributed by atoms with E-state index in [1.54, 1.807) is 0 Å². The highest BCUT2D eigenvalue weighted by molar-refractivity contribution is 7.26. The topological polar surface area (TPSA) is 12.9 Å². The fourth-order valence-corrected chi connectivity index (χ4v) is 7.76. The normalized spacial score (nSPS) is 11.9. The number of thiophene rings is 2. The number of nitrogens with zero attached hydrogens (tertiary/aromatic N) is 1. The van der Waals surface area contributed by atoms with Gasteiger partial charge in [0.25, 0.3) is 0 Å². The molecule has 5 aromatic carbocycles. The summed E-state index contributed by atoms with van der Waals surface area (Å²) < 4.78 is 5.25. The lowest BCUT2D eigenvalue weighted by Gasteiger charge is -2.14. The summed E-state index contributed by atoms with van der Waals surface area (Å²) in [7, 11) is 0. The fraction of sp³-hybridized carbons (Fsp3) is 0. The van der Waals surface area contributed by atoms with Crippen LogP contribution in [-0.2, 0) is 0 Å². The predicted molar refractivity (Wildman–Crippen MR) is 158 cm³/mol. The van der Waals surface area contributed by atoms with Gasteiger partial charge in [-0.05, 0) is 42.0 Å². The second-order valence-corrected chi connectivity index (χ2v) is 11.3. The Morgan fingerprint density at radius 3 is 1.72 bits per heavy atom. The van der Waals surface area contributed by atoms with Gasteiger partial charge in [-0.25, -0.2) is 4.98 Å². The minimum absolute atomic E-state index is 1.02. The van der Waals surface area contributed by atoms with Crippen molar-refractivity contribution in [2.24, 2.45) is 0 Å². The molecule has 0 bridgehead atoms. The molecule has 8 rings (SSSR count). The first kappa shape index (κ1) is 20.2. The maximum Gasteiger partial charge on any atom is 0.0795 e. The third-order valence-corrected chi connectivity index (χ3v) is 9.35. The van der Waals surface area contributed by atoms with Gasteiger partial charge >= 0.3 is 0 Å². The number of hydrogen-bond acceptors (Lipinski definition) is 3. The fourth-order valence-electron chi connectivity index (χ4n) is 5.50. The Morgan fingerprint density at radius 2 is 1.00 bits per heavy atom. The van der Waals surface area contributed by atoms with Crippen LogP contribution in [0, 0.1) is 0 Å². The van der Waals surface area contributed by atoms with Crippen LogP contribution in [0.25, 0.3) is 73.6 Å². The molecule has 0 fully saturated rings. The number of rotatable bonds is 2. The molecule has 168 valence electrons. The van der Waals surface area contributed by atoms with Crippen LogP contribution in [0.5, 0.6) is 0 Å². The minimum Gasteiger partial charge on any atom is -0.247 e. The molecule has 3 aromatic heterocycles. The highest BCUT2D eigenvalue weighted by Crippen LogP contribution is 2.46. The van der Waals surface area contributed by atoms with Crippen molar-refractivity contribution >= 4 is 73.9 Å². The number of fused-ring (bicyclic) bond motifs is 7. The molecule has 8 aromatic rings. The largest absolute Gasteiger partial charge is 0.247 e. The Bertz CT molecular complexity index is 1960. The number of para-hydroxylation sites is 1. The van der Waals surface area contributed by atoms with Crippen LogP contribution in [0.1, 0.15) is 0 Å². The highest BCUT2D eigenvalue weighted by atomic mass is 32.1. The molecule has 1 nitrogen and oxygen atoms in total. The zero-order valence-electron chi connectivity index (χ0n) is 19.2. The van der Waals surface area contributed by atoms with E-state index < -0.39 is 0 Å². The third kappa shape index (κ3) is 2.91. The molecule has 0 atom stereocenters. The molecule has 3 heteroatoms. The quantitative estimate of drug-likeness (QED) is 0.233. The Balaban J connectivity index is 1.54. The molecule has 0 aliphatic carbocycles. The predicted octanol–water partition coefficient (Wildman–Crippen LogP) is 10.3. The SMILES string of the molecule is c1ccc2nc(-c3cccc4sc5ccccc5c34)c(-c3cccc4sc5ccccc5c34)cc2c1. The van der Waals surface area contributed by atoms with Gasteiger partial charge < -0.3 is 0 Å². The molecule has 0 aliphatic rings. The molecule has 3 heterocycles. The summed E-state index contributed by atoms with van der Waals surface area (Å²) in [6.45, 7) is 0. The maximum atomic E-state index is 5.34. The van der Waals surface area contributed by atoms with Gasteiger partial charge in [-0.3, -0.25) is 0 Å². The van der Waals surface area contributed by atoms with Crippen LogP contribution in [0.4, 0.5) is 0 Å².